The molecule has 136 valence electrons. The van der Waals surface area contributed by atoms with E-state index in [1.54, 1.807) is 12.3 Å². The highest BCUT2D eigenvalue weighted by Crippen LogP contribution is 2.26. The van der Waals surface area contributed by atoms with Crippen molar-refractivity contribution in [2.24, 2.45) is 0 Å². The normalized spacial score (nSPS) is 11.2. The smallest absolute Gasteiger partial charge is 0.268 e. The fourth-order valence-corrected chi connectivity index (χ4v) is 3.70. The van der Waals surface area contributed by atoms with Crippen LogP contribution in [0.2, 0.25) is 5.02 Å². The van der Waals surface area contributed by atoms with Crippen LogP contribution in [0.4, 0.5) is 5.13 Å². The van der Waals surface area contributed by atoms with Gasteiger partial charge < -0.3 is 4.42 Å². The predicted molar refractivity (Wildman–Crippen MR) is 109 cm³/mol. The predicted octanol–water partition coefficient (Wildman–Crippen LogP) is 5.54. The minimum atomic E-state index is -0.515. The molecule has 0 bridgehead atoms. The van der Waals surface area contributed by atoms with Gasteiger partial charge in [0.2, 0.25) is 0 Å². The van der Waals surface area contributed by atoms with Gasteiger partial charge >= 0.3 is 0 Å². The number of halogens is 1. The molecule has 1 N–H and O–H groups in total. The minimum Gasteiger partial charge on any atom is -0.450 e. The molecule has 2 heterocycles. The number of amides is 1. The van der Waals surface area contributed by atoms with E-state index in [2.05, 4.69) is 10.3 Å². The van der Waals surface area contributed by atoms with Crippen molar-refractivity contribution in [3.63, 3.8) is 0 Å². The Labute approximate surface area is 169 Å². The van der Waals surface area contributed by atoms with Gasteiger partial charge in [-0.05, 0) is 36.8 Å². The first-order valence-corrected chi connectivity index (χ1v) is 10.0. The molecule has 0 aliphatic heterocycles. The van der Waals surface area contributed by atoms with Crippen LogP contribution in [0.25, 0.3) is 6.08 Å². The van der Waals surface area contributed by atoms with Gasteiger partial charge in [0.05, 0.1) is 0 Å². The fourth-order valence-electron chi connectivity index (χ4n) is 2.09. The molecular weight excluding hydrogens is 402 g/mol. The molecule has 0 fully saturated rings. The summed E-state index contributed by atoms with van der Waals surface area (Å²) in [4.78, 5) is 17.2. The second-order valence-electron chi connectivity index (χ2n) is 5.47. The van der Waals surface area contributed by atoms with Crippen molar-refractivity contribution in [2.45, 2.75) is 17.8 Å². The molecule has 2 aromatic heterocycles. The van der Waals surface area contributed by atoms with E-state index in [0.29, 0.717) is 21.0 Å². The molecule has 0 aliphatic rings. The molecule has 1 amide bonds. The summed E-state index contributed by atoms with van der Waals surface area (Å²) >= 11 is 8.74. The van der Waals surface area contributed by atoms with Crippen molar-refractivity contribution in [3.05, 3.63) is 69.4 Å². The number of rotatable bonds is 6. The highest BCUT2D eigenvalue weighted by atomic mass is 35.5. The van der Waals surface area contributed by atoms with Crippen LogP contribution in [-0.2, 0) is 10.5 Å². The Morgan fingerprint density at radius 1 is 1.37 bits per heavy atom. The summed E-state index contributed by atoms with van der Waals surface area (Å²) in [7, 11) is 0. The van der Waals surface area contributed by atoms with Crippen molar-refractivity contribution in [3.8, 4) is 6.07 Å². The van der Waals surface area contributed by atoms with Crippen LogP contribution in [0, 0.1) is 18.3 Å². The third-order valence-electron chi connectivity index (χ3n) is 3.39. The van der Waals surface area contributed by atoms with Crippen LogP contribution < -0.4 is 5.32 Å². The molecule has 27 heavy (non-hydrogen) atoms. The molecule has 8 heteroatoms. The molecule has 0 atom stereocenters. The van der Waals surface area contributed by atoms with Crippen molar-refractivity contribution >= 4 is 51.8 Å². The number of anilines is 1. The Balaban J connectivity index is 1.64. The quantitative estimate of drug-likeness (QED) is 0.325. The average Bonchev–Trinajstić information content (AvgIpc) is 3.27. The number of carbonyl (C=O) groups is 1. The number of hydrogen-bond acceptors (Lipinski definition) is 6. The summed E-state index contributed by atoms with van der Waals surface area (Å²) in [6, 6.07) is 13.0. The molecule has 3 rings (SSSR count). The van der Waals surface area contributed by atoms with Gasteiger partial charge in [0, 0.05) is 27.9 Å². The maximum Gasteiger partial charge on any atom is 0.268 e. The lowest BCUT2D eigenvalue weighted by Gasteiger charge is -2.00. The minimum absolute atomic E-state index is 0.0496. The Morgan fingerprint density at radius 3 is 2.81 bits per heavy atom. The number of thioether (sulfide) groups is 1. The first-order valence-electron chi connectivity index (χ1n) is 7.86. The zero-order valence-corrected chi connectivity index (χ0v) is 16.6. The SMILES string of the molecule is Cc1cnc(NC(=O)/C(C#N)=C\c2ccc(SCc3ccc(Cl)cc3)o2)s1. The summed E-state index contributed by atoms with van der Waals surface area (Å²) in [6.45, 7) is 1.89. The standard InChI is InChI=1S/C19H14ClN3O2S2/c1-12-10-22-19(27-12)23-18(24)14(9-21)8-16-6-7-17(25-16)26-11-13-2-4-15(20)5-3-13/h2-8,10H,11H2,1H3,(H,22,23,24)/b14-8-. The third-order valence-corrected chi connectivity index (χ3v) is 5.45. The van der Waals surface area contributed by atoms with Crippen LogP contribution in [0.5, 0.6) is 0 Å². The molecule has 0 unspecified atom stereocenters. The number of carbonyl (C=O) groups excluding carboxylic acids is 1. The average molecular weight is 416 g/mol. The largest absolute Gasteiger partial charge is 0.450 e. The Bertz CT molecular complexity index is 1020. The number of nitriles is 1. The van der Waals surface area contributed by atoms with E-state index in [1.807, 2.05) is 43.3 Å². The molecule has 0 saturated carbocycles. The van der Waals surface area contributed by atoms with Gasteiger partial charge in [-0.15, -0.1) is 11.3 Å². The molecule has 0 saturated heterocycles. The molecule has 0 radical (unpaired) electrons. The van der Waals surface area contributed by atoms with Gasteiger partial charge in [0.15, 0.2) is 10.2 Å². The number of benzene rings is 1. The maximum absolute atomic E-state index is 12.2. The van der Waals surface area contributed by atoms with E-state index < -0.39 is 5.91 Å². The number of aryl methyl sites for hydroxylation is 1. The fraction of sp³-hybridized carbons (Fsp3) is 0.105. The lowest BCUT2D eigenvalue weighted by Crippen LogP contribution is -2.13. The number of thiazole rings is 1. The lowest BCUT2D eigenvalue weighted by atomic mass is 10.2. The van der Waals surface area contributed by atoms with E-state index in [9.17, 15) is 10.1 Å². The highest BCUT2D eigenvalue weighted by molar-refractivity contribution is 7.98. The van der Waals surface area contributed by atoms with E-state index in [4.69, 9.17) is 16.0 Å². The van der Waals surface area contributed by atoms with Crippen molar-refractivity contribution in [1.82, 2.24) is 4.98 Å². The van der Waals surface area contributed by atoms with Gasteiger partial charge in [0.1, 0.15) is 17.4 Å². The van der Waals surface area contributed by atoms with Crippen molar-refractivity contribution < 1.29 is 9.21 Å². The van der Waals surface area contributed by atoms with Gasteiger partial charge in [-0.25, -0.2) is 4.98 Å². The van der Waals surface area contributed by atoms with Crippen LogP contribution in [0.3, 0.4) is 0 Å². The first kappa shape index (κ1) is 19.2. The Kier molecular flexibility index (Phi) is 6.35. The first-order chi connectivity index (χ1) is 13.0. The van der Waals surface area contributed by atoms with Crippen LogP contribution >= 0.6 is 34.7 Å². The molecule has 1 aromatic carbocycles. The Morgan fingerprint density at radius 2 is 2.15 bits per heavy atom. The molecular formula is C19H14ClN3O2S2. The monoisotopic (exact) mass is 415 g/mol. The Hall–Kier alpha value is -2.53. The van der Waals surface area contributed by atoms with E-state index in [-0.39, 0.29) is 5.57 Å². The van der Waals surface area contributed by atoms with Crippen LogP contribution in [0.15, 0.2) is 57.7 Å². The van der Waals surface area contributed by atoms with Crippen LogP contribution in [0.1, 0.15) is 16.2 Å². The molecule has 3 aromatic rings. The van der Waals surface area contributed by atoms with E-state index in [0.717, 1.165) is 16.2 Å². The lowest BCUT2D eigenvalue weighted by molar-refractivity contribution is -0.112. The van der Waals surface area contributed by atoms with Gasteiger partial charge in [-0.2, -0.15) is 5.26 Å². The summed E-state index contributed by atoms with van der Waals surface area (Å²) < 4.78 is 5.68. The maximum atomic E-state index is 12.2. The zero-order chi connectivity index (χ0) is 19.2. The van der Waals surface area contributed by atoms with E-state index >= 15 is 0 Å². The summed E-state index contributed by atoms with van der Waals surface area (Å²) in [5, 5.41) is 13.7. The third kappa shape index (κ3) is 5.47. The van der Waals surface area contributed by atoms with Crippen molar-refractivity contribution in [1.29, 1.82) is 5.26 Å². The molecule has 5 nitrogen and oxygen atoms in total. The summed E-state index contributed by atoms with van der Waals surface area (Å²) in [5.74, 6) is 0.650. The van der Waals surface area contributed by atoms with Gasteiger partial charge in [-0.1, -0.05) is 35.5 Å². The summed E-state index contributed by atoms with van der Waals surface area (Å²) in [6.07, 6.45) is 3.08. The van der Waals surface area contributed by atoms with Crippen molar-refractivity contribution in [2.75, 3.05) is 5.32 Å². The topological polar surface area (TPSA) is 78.9 Å². The highest BCUT2D eigenvalue weighted by Gasteiger charge is 2.13. The number of furan rings is 1. The van der Waals surface area contributed by atoms with Crippen LogP contribution in [-0.4, -0.2) is 10.9 Å². The number of nitrogens with zero attached hydrogens (tertiary/aromatic N) is 2. The second-order valence-corrected chi connectivity index (χ2v) is 8.12. The zero-order valence-electron chi connectivity index (χ0n) is 14.2. The van der Waals surface area contributed by atoms with E-state index in [1.165, 1.54) is 29.2 Å². The molecule has 0 spiro atoms. The van der Waals surface area contributed by atoms with Gasteiger partial charge in [-0.3, -0.25) is 10.1 Å². The number of aromatic nitrogens is 1. The van der Waals surface area contributed by atoms with Gasteiger partial charge in [0.25, 0.3) is 5.91 Å². The number of hydrogen-bond donors (Lipinski definition) is 1. The second kappa shape index (κ2) is 8.91. The molecule has 0 aliphatic carbocycles. The number of nitrogens with one attached hydrogen (secondary N) is 1. The summed E-state index contributed by atoms with van der Waals surface area (Å²) in [5.41, 5.74) is 1.07.